The average Bonchev–Trinajstić information content (AvgIpc) is 3.83. The van der Waals surface area contributed by atoms with Crippen molar-refractivity contribution in [1.82, 2.24) is 15.0 Å². The second kappa shape index (κ2) is 12.7. The number of carbonyl (C=O) groups is 2. The van der Waals surface area contributed by atoms with Crippen LogP contribution in [0.3, 0.4) is 0 Å². The van der Waals surface area contributed by atoms with Crippen molar-refractivity contribution >= 4 is 34.9 Å². The molecule has 1 aliphatic carbocycles. The molecule has 244 valence electrons. The number of nitrogens with two attached hydrogens (primary N) is 1. The molecule has 4 heterocycles. The van der Waals surface area contributed by atoms with E-state index < -0.39 is 18.1 Å². The van der Waals surface area contributed by atoms with E-state index in [2.05, 4.69) is 20.0 Å². The number of nitrogens with zero attached hydrogens (tertiary/aromatic N) is 4. The second-order valence-electron chi connectivity index (χ2n) is 12.2. The first-order chi connectivity index (χ1) is 22.4. The van der Waals surface area contributed by atoms with Crippen LogP contribution in [0.5, 0.6) is 11.6 Å². The van der Waals surface area contributed by atoms with E-state index in [0.29, 0.717) is 68.3 Å². The molecule has 6 rings (SSSR count). The summed E-state index contributed by atoms with van der Waals surface area (Å²) in [6.45, 7) is 2.52. The van der Waals surface area contributed by atoms with Crippen LogP contribution in [0.25, 0.3) is 11.1 Å². The molecule has 13 heteroatoms. The summed E-state index contributed by atoms with van der Waals surface area (Å²) >= 11 is 6.02. The van der Waals surface area contributed by atoms with Crippen molar-refractivity contribution in [3.63, 3.8) is 0 Å². The summed E-state index contributed by atoms with van der Waals surface area (Å²) in [7, 11) is 0. The van der Waals surface area contributed by atoms with E-state index in [4.69, 9.17) is 27.1 Å². The van der Waals surface area contributed by atoms with Crippen molar-refractivity contribution in [2.24, 2.45) is 11.7 Å². The van der Waals surface area contributed by atoms with E-state index >= 15 is 0 Å². The van der Waals surface area contributed by atoms with Crippen molar-refractivity contribution in [1.29, 1.82) is 0 Å². The number of halogens is 3. The van der Waals surface area contributed by atoms with Gasteiger partial charge in [0.25, 0.3) is 11.8 Å². The molecule has 0 saturated heterocycles. The molecule has 0 spiro atoms. The summed E-state index contributed by atoms with van der Waals surface area (Å²) in [5, 5.41) is 3.85. The van der Waals surface area contributed by atoms with Gasteiger partial charge in [0.05, 0.1) is 40.2 Å². The lowest BCUT2D eigenvalue weighted by atomic mass is 9.94. The number of nitrogens with one attached hydrogen (secondary N) is 1. The van der Waals surface area contributed by atoms with Gasteiger partial charge >= 0.3 is 6.61 Å². The molecule has 1 aromatic carbocycles. The zero-order chi connectivity index (χ0) is 33.5. The Labute approximate surface area is 275 Å². The molecule has 47 heavy (non-hydrogen) atoms. The lowest BCUT2D eigenvalue weighted by Gasteiger charge is -2.39. The highest BCUT2D eigenvalue weighted by molar-refractivity contribution is 6.30. The molecule has 1 saturated carbocycles. The number of rotatable bonds is 11. The Kier molecular flexibility index (Phi) is 8.71. The molecule has 2 aliphatic rings. The maximum atomic E-state index is 13.5. The van der Waals surface area contributed by atoms with Crippen LogP contribution in [0.15, 0.2) is 60.9 Å². The first kappa shape index (κ1) is 32.1. The third-order valence-electron chi connectivity index (χ3n) is 8.15. The number of hydrogen-bond acceptors (Lipinski definition) is 8. The number of carbonyl (C=O) groups excluding carboxylic acids is 2. The van der Waals surface area contributed by atoms with Gasteiger partial charge in [0, 0.05) is 24.0 Å². The molecule has 4 aromatic rings. The Morgan fingerprint density at radius 2 is 1.94 bits per heavy atom. The van der Waals surface area contributed by atoms with E-state index in [-0.39, 0.29) is 24.4 Å². The molecule has 10 nitrogen and oxygen atoms in total. The number of pyridine rings is 3. The van der Waals surface area contributed by atoms with Gasteiger partial charge < -0.3 is 20.5 Å². The SMILES string of the molecule is CC(Nc1cc(-c2ccc3c(c2)OC(C)(C)C(=O)N3Cc2ccc(Cl)cn2)c(C(N)=O)c(CC2CC2)n1)c1ccc(OC(F)F)nc1. The number of primary amides is 1. The van der Waals surface area contributed by atoms with Crippen LogP contribution in [0.4, 0.5) is 20.3 Å². The Balaban J connectivity index is 1.38. The van der Waals surface area contributed by atoms with Gasteiger partial charge in [-0.1, -0.05) is 23.7 Å². The van der Waals surface area contributed by atoms with Gasteiger partial charge in [-0.15, -0.1) is 0 Å². The zero-order valence-corrected chi connectivity index (χ0v) is 26.7. The minimum atomic E-state index is -2.97. The number of benzene rings is 1. The minimum absolute atomic E-state index is 0.184. The third kappa shape index (κ3) is 7.12. The molecular weight excluding hydrogens is 630 g/mol. The van der Waals surface area contributed by atoms with Crippen LogP contribution in [-0.2, 0) is 17.8 Å². The first-order valence-electron chi connectivity index (χ1n) is 15.1. The number of aromatic nitrogens is 3. The number of hydrogen-bond donors (Lipinski definition) is 2. The van der Waals surface area contributed by atoms with Gasteiger partial charge in [-0.2, -0.15) is 8.78 Å². The lowest BCUT2D eigenvalue weighted by Crippen LogP contribution is -2.52. The van der Waals surface area contributed by atoms with Crippen molar-refractivity contribution in [3.05, 3.63) is 88.5 Å². The monoisotopic (exact) mass is 662 g/mol. The molecule has 1 aliphatic heterocycles. The molecular formula is C34H33ClF2N6O4. The van der Waals surface area contributed by atoms with Crippen LogP contribution in [-0.4, -0.2) is 39.0 Å². The van der Waals surface area contributed by atoms with Crippen LogP contribution in [0.2, 0.25) is 5.02 Å². The number of anilines is 2. The summed E-state index contributed by atoms with van der Waals surface area (Å²) in [4.78, 5) is 41.2. The van der Waals surface area contributed by atoms with Crippen LogP contribution in [0.1, 0.15) is 67.0 Å². The summed E-state index contributed by atoms with van der Waals surface area (Å²) in [5.74, 6) is 0.332. The normalized spacial score (nSPS) is 16.0. The van der Waals surface area contributed by atoms with Gasteiger partial charge in [0.2, 0.25) is 5.88 Å². The van der Waals surface area contributed by atoms with E-state index in [0.717, 1.165) is 12.8 Å². The maximum Gasteiger partial charge on any atom is 0.388 e. The fraction of sp³-hybridized carbons (Fsp3) is 0.324. The number of ether oxygens (including phenoxy) is 2. The highest BCUT2D eigenvalue weighted by atomic mass is 35.5. The quantitative estimate of drug-likeness (QED) is 0.181. The summed E-state index contributed by atoms with van der Waals surface area (Å²) < 4.78 is 35.8. The van der Waals surface area contributed by atoms with Crippen molar-refractivity contribution < 1.29 is 27.8 Å². The molecule has 2 amide bonds. The minimum Gasteiger partial charge on any atom is -0.476 e. The third-order valence-corrected chi connectivity index (χ3v) is 8.37. The lowest BCUT2D eigenvalue weighted by molar-refractivity contribution is -0.132. The predicted molar refractivity (Wildman–Crippen MR) is 173 cm³/mol. The highest BCUT2D eigenvalue weighted by Crippen LogP contribution is 2.43. The Hall–Kier alpha value is -4.84. The van der Waals surface area contributed by atoms with E-state index in [1.807, 2.05) is 13.0 Å². The molecule has 3 N–H and O–H groups in total. The largest absolute Gasteiger partial charge is 0.476 e. The maximum absolute atomic E-state index is 13.5. The topological polar surface area (TPSA) is 133 Å². The smallest absolute Gasteiger partial charge is 0.388 e. The summed E-state index contributed by atoms with van der Waals surface area (Å²) in [5.41, 5.74) is 8.84. The van der Waals surface area contributed by atoms with E-state index in [9.17, 15) is 18.4 Å². The average molecular weight is 663 g/mol. The van der Waals surface area contributed by atoms with Crippen LogP contribution >= 0.6 is 11.6 Å². The van der Waals surface area contributed by atoms with Crippen molar-refractivity contribution in [2.75, 3.05) is 10.2 Å². The summed E-state index contributed by atoms with van der Waals surface area (Å²) in [6.07, 6.45) is 5.65. The van der Waals surface area contributed by atoms with Crippen molar-refractivity contribution in [2.45, 2.75) is 64.8 Å². The number of fused-ring (bicyclic) bond motifs is 1. The Bertz CT molecular complexity index is 1820. The molecule has 0 radical (unpaired) electrons. The Morgan fingerprint density at radius 1 is 1.15 bits per heavy atom. The molecule has 1 unspecified atom stereocenters. The van der Waals surface area contributed by atoms with Crippen molar-refractivity contribution in [3.8, 4) is 22.8 Å². The molecule has 3 aromatic heterocycles. The van der Waals surface area contributed by atoms with E-state index in [1.165, 1.54) is 18.5 Å². The first-order valence-corrected chi connectivity index (χ1v) is 15.5. The fourth-order valence-electron chi connectivity index (χ4n) is 5.59. The van der Waals surface area contributed by atoms with Gasteiger partial charge in [-0.05, 0) is 87.4 Å². The number of alkyl halides is 2. The highest BCUT2D eigenvalue weighted by Gasteiger charge is 2.41. The van der Waals surface area contributed by atoms with E-state index in [1.54, 1.807) is 55.1 Å². The van der Waals surface area contributed by atoms with Gasteiger partial charge in [-0.25, -0.2) is 9.97 Å². The number of amides is 2. The van der Waals surface area contributed by atoms with Crippen LogP contribution in [0, 0.1) is 5.92 Å². The Morgan fingerprint density at radius 3 is 2.57 bits per heavy atom. The fourth-order valence-corrected chi connectivity index (χ4v) is 5.70. The molecule has 0 bridgehead atoms. The van der Waals surface area contributed by atoms with Gasteiger partial charge in [-0.3, -0.25) is 19.5 Å². The second-order valence-corrected chi connectivity index (χ2v) is 12.7. The standard InChI is InChI=1S/C34H33ClF2N6O4/c1-18(21-7-11-29(40-15-21)46-33(36)37)41-28-14-24(30(31(38)44)25(42-28)12-19-4-5-19)20-6-10-26-27(13-20)47-34(2,3)32(45)43(26)17-23-9-8-22(35)16-39-23/h6-11,13-16,18-19,33H,4-5,12,17H2,1-3H3,(H2,38,44)(H,41,42). The van der Waals surface area contributed by atoms with Gasteiger partial charge in [0.1, 0.15) is 11.6 Å². The summed E-state index contributed by atoms with van der Waals surface area (Å²) in [6, 6.07) is 13.3. The predicted octanol–water partition coefficient (Wildman–Crippen LogP) is 6.72. The zero-order valence-electron chi connectivity index (χ0n) is 26.0. The van der Waals surface area contributed by atoms with Crippen LogP contribution < -0.4 is 25.4 Å². The molecule has 1 fully saturated rings. The van der Waals surface area contributed by atoms with Gasteiger partial charge in [0.15, 0.2) is 5.60 Å². The molecule has 1 atom stereocenters.